The van der Waals surface area contributed by atoms with E-state index >= 15 is 0 Å². The smallest absolute Gasteiger partial charge is 0.0779 e. The highest BCUT2D eigenvalue weighted by molar-refractivity contribution is 5.07. The van der Waals surface area contributed by atoms with Crippen molar-refractivity contribution in [1.29, 1.82) is 0 Å². The number of nitrogens with zero attached hydrogens (tertiary/aromatic N) is 3. The average Bonchev–Trinajstić information content (AvgIpc) is 3.01. The van der Waals surface area contributed by atoms with E-state index in [-0.39, 0.29) is 11.6 Å². The lowest BCUT2D eigenvalue weighted by Crippen LogP contribution is -2.55. The molecule has 1 aromatic heterocycles. The summed E-state index contributed by atoms with van der Waals surface area (Å²) < 4.78 is 1.81. The average molecular weight is 265 g/mol. The van der Waals surface area contributed by atoms with E-state index in [1.165, 1.54) is 12.8 Å². The molecular weight excluding hydrogens is 238 g/mol. The van der Waals surface area contributed by atoms with Gasteiger partial charge in [0.1, 0.15) is 0 Å². The first-order valence-corrected chi connectivity index (χ1v) is 7.54. The molecule has 0 aromatic carbocycles. The van der Waals surface area contributed by atoms with E-state index in [0.717, 1.165) is 31.6 Å². The maximum Gasteiger partial charge on any atom is 0.0779 e. The summed E-state index contributed by atoms with van der Waals surface area (Å²) >= 11 is 0. The molecule has 0 radical (unpaired) electrons. The van der Waals surface area contributed by atoms with Gasteiger partial charge in [-0.1, -0.05) is 26.7 Å². The summed E-state index contributed by atoms with van der Waals surface area (Å²) in [6, 6.07) is 2.01. The summed E-state index contributed by atoms with van der Waals surface area (Å²) in [5.74, 6) is 0. The molecule has 1 aromatic rings. The van der Waals surface area contributed by atoms with Crippen LogP contribution in [0.5, 0.6) is 0 Å². The van der Waals surface area contributed by atoms with Crippen molar-refractivity contribution >= 4 is 0 Å². The van der Waals surface area contributed by atoms with Crippen molar-refractivity contribution in [1.82, 2.24) is 14.7 Å². The Bertz CT molecular complexity index is 392. The normalized spacial score (nSPS) is 20.1. The Balaban J connectivity index is 2.14. The summed E-state index contributed by atoms with van der Waals surface area (Å²) in [5.41, 5.74) is 0.967. The van der Waals surface area contributed by atoms with Crippen molar-refractivity contribution in [2.75, 3.05) is 13.1 Å². The molecule has 0 saturated heterocycles. The maximum absolute atomic E-state index is 10.8. The Morgan fingerprint density at radius 1 is 1.37 bits per heavy atom. The first-order valence-electron chi connectivity index (χ1n) is 7.54. The number of aromatic nitrogens is 2. The van der Waals surface area contributed by atoms with Crippen LogP contribution in [0.15, 0.2) is 12.3 Å². The van der Waals surface area contributed by atoms with Crippen molar-refractivity contribution in [3.63, 3.8) is 0 Å². The van der Waals surface area contributed by atoms with E-state index in [1.54, 1.807) is 4.68 Å². The zero-order valence-corrected chi connectivity index (χ0v) is 12.5. The van der Waals surface area contributed by atoms with E-state index in [9.17, 15) is 5.11 Å². The summed E-state index contributed by atoms with van der Waals surface area (Å²) in [6.07, 6.45) is 6.99. The Hall–Kier alpha value is -0.870. The van der Waals surface area contributed by atoms with Crippen LogP contribution in [0.1, 0.15) is 45.2 Å². The standard InChI is InChI=1S/C15H27N3O/c1-4-18(5-2)15(9-6-7-10-15)14(19)12-13-8-11-17(3)16-13/h8,11,14,19H,4-7,9-10,12H2,1-3H3. The molecule has 0 aliphatic heterocycles. The van der Waals surface area contributed by atoms with Gasteiger partial charge in [0.2, 0.25) is 0 Å². The molecule has 1 aliphatic rings. The molecule has 4 heteroatoms. The second-order valence-electron chi connectivity index (χ2n) is 5.68. The van der Waals surface area contributed by atoms with Crippen LogP contribution >= 0.6 is 0 Å². The zero-order chi connectivity index (χ0) is 13.9. The molecule has 1 N–H and O–H groups in total. The van der Waals surface area contributed by atoms with Crippen LogP contribution in [0.25, 0.3) is 0 Å². The highest BCUT2D eigenvalue weighted by Gasteiger charge is 2.44. The van der Waals surface area contributed by atoms with E-state index in [2.05, 4.69) is 23.8 Å². The maximum atomic E-state index is 10.8. The number of aliphatic hydroxyl groups excluding tert-OH is 1. The third kappa shape index (κ3) is 2.84. The van der Waals surface area contributed by atoms with Gasteiger partial charge in [-0.25, -0.2) is 0 Å². The van der Waals surface area contributed by atoms with Crippen LogP contribution in [0.2, 0.25) is 0 Å². The number of rotatable bonds is 6. The Morgan fingerprint density at radius 3 is 2.47 bits per heavy atom. The van der Waals surface area contributed by atoms with Crippen molar-refractivity contribution < 1.29 is 5.11 Å². The molecule has 19 heavy (non-hydrogen) atoms. The van der Waals surface area contributed by atoms with Crippen LogP contribution < -0.4 is 0 Å². The molecule has 1 fully saturated rings. The summed E-state index contributed by atoms with van der Waals surface area (Å²) in [6.45, 7) is 6.40. The molecular formula is C15H27N3O. The molecule has 0 amide bonds. The van der Waals surface area contributed by atoms with Gasteiger partial charge in [0.05, 0.1) is 11.8 Å². The highest BCUT2D eigenvalue weighted by Crippen LogP contribution is 2.39. The van der Waals surface area contributed by atoms with E-state index < -0.39 is 0 Å². The van der Waals surface area contributed by atoms with E-state index in [4.69, 9.17) is 0 Å². The third-order valence-electron chi connectivity index (χ3n) is 4.65. The van der Waals surface area contributed by atoms with E-state index in [1.807, 2.05) is 19.3 Å². The lowest BCUT2D eigenvalue weighted by atomic mass is 9.85. The molecule has 1 aliphatic carbocycles. The molecule has 0 bridgehead atoms. The lowest BCUT2D eigenvalue weighted by Gasteiger charge is -2.44. The van der Waals surface area contributed by atoms with Crippen LogP contribution in [0.4, 0.5) is 0 Å². The summed E-state index contributed by atoms with van der Waals surface area (Å²) in [7, 11) is 1.92. The number of likely N-dealkylation sites (N-methyl/N-ethyl adjacent to an activating group) is 1. The number of aliphatic hydroxyl groups is 1. The second-order valence-corrected chi connectivity index (χ2v) is 5.68. The number of aryl methyl sites for hydroxylation is 1. The molecule has 0 spiro atoms. The van der Waals surface area contributed by atoms with Crippen molar-refractivity contribution in [3.8, 4) is 0 Å². The Kier molecular flexibility index (Phi) is 4.63. The van der Waals surface area contributed by atoms with Gasteiger partial charge in [-0.05, 0) is 32.0 Å². The Morgan fingerprint density at radius 2 is 2.00 bits per heavy atom. The molecule has 1 unspecified atom stereocenters. The van der Waals surface area contributed by atoms with Crippen LogP contribution in [0, 0.1) is 0 Å². The fraction of sp³-hybridized carbons (Fsp3) is 0.800. The molecule has 108 valence electrons. The number of hydrogen-bond donors (Lipinski definition) is 1. The molecule has 2 rings (SSSR count). The van der Waals surface area contributed by atoms with Crippen LogP contribution in [-0.2, 0) is 13.5 Å². The third-order valence-corrected chi connectivity index (χ3v) is 4.65. The predicted octanol–water partition coefficient (Wildman–Crippen LogP) is 1.98. The minimum atomic E-state index is -0.315. The predicted molar refractivity (Wildman–Crippen MR) is 77.0 cm³/mol. The Labute approximate surface area is 116 Å². The topological polar surface area (TPSA) is 41.3 Å². The number of hydrogen-bond acceptors (Lipinski definition) is 3. The fourth-order valence-corrected chi connectivity index (χ4v) is 3.66. The fourth-order valence-electron chi connectivity index (χ4n) is 3.66. The monoisotopic (exact) mass is 265 g/mol. The SMILES string of the molecule is CCN(CC)C1(C(O)Cc2ccn(C)n2)CCCC1. The van der Waals surface area contributed by atoms with Gasteiger partial charge in [0, 0.05) is 25.2 Å². The molecule has 1 atom stereocenters. The van der Waals surface area contributed by atoms with Gasteiger partial charge in [-0.2, -0.15) is 5.10 Å². The van der Waals surface area contributed by atoms with Crippen molar-refractivity contribution in [2.45, 2.75) is 57.6 Å². The second kappa shape index (κ2) is 6.06. The minimum Gasteiger partial charge on any atom is -0.391 e. The largest absolute Gasteiger partial charge is 0.391 e. The molecule has 4 nitrogen and oxygen atoms in total. The summed E-state index contributed by atoms with van der Waals surface area (Å²) in [4.78, 5) is 2.45. The van der Waals surface area contributed by atoms with Crippen LogP contribution in [0.3, 0.4) is 0 Å². The van der Waals surface area contributed by atoms with Gasteiger partial charge >= 0.3 is 0 Å². The minimum absolute atomic E-state index is 0.0268. The summed E-state index contributed by atoms with van der Waals surface area (Å²) in [5, 5.41) is 15.2. The van der Waals surface area contributed by atoms with Gasteiger partial charge in [-0.15, -0.1) is 0 Å². The van der Waals surface area contributed by atoms with Crippen molar-refractivity contribution in [2.24, 2.45) is 7.05 Å². The molecule has 1 saturated carbocycles. The molecule has 1 heterocycles. The first kappa shape index (κ1) is 14.5. The van der Waals surface area contributed by atoms with Crippen LogP contribution in [-0.4, -0.2) is 44.5 Å². The van der Waals surface area contributed by atoms with Gasteiger partial charge in [0.15, 0.2) is 0 Å². The van der Waals surface area contributed by atoms with Gasteiger partial charge < -0.3 is 5.11 Å². The van der Waals surface area contributed by atoms with Crippen molar-refractivity contribution in [3.05, 3.63) is 18.0 Å². The zero-order valence-electron chi connectivity index (χ0n) is 12.5. The quantitative estimate of drug-likeness (QED) is 0.855. The van der Waals surface area contributed by atoms with Gasteiger partial charge in [-0.3, -0.25) is 9.58 Å². The van der Waals surface area contributed by atoms with E-state index in [0.29, 0.717) is 6.42 Å². The van der Waals surface area contributed by atoms with Gasteiger partial charge in [0.25, 0.3) is 0 Å². The lowest BCUT2D eigenvalue weighted by molar-refractivity contribution is -0.0249. The first-order chi connectivity index (χ1) is 9.12. The highest BCUT2D eigenvalue weighted by atomic mass is 16.3.